The summed E-state index contributed by atoms with van der Waals surface area (Å²) in [6, 6.07) is 10.4. The zero-order valence-corrected chi connectivity index (χ0v) is 10.2. The number of rotatable bonds is 5. The molecule has 0 aliphatic heterocycles. The van der Waals surface area contributed by atoms with E-state index >= 15 is 0 Å². The van der Waals surface area contributed by atoms with Crippen LogP contribution >= 0.6 is 0 Å². The number of benzene rings is 1. The summed E-state index contributed by atoms with van der Waals surface area (Å²) in [6.45, 7) is 9.58. The van der Waals surface area contributed by atoms with Crippen molar-refractivity contribution in [3.8, 4) is 6.07 Å². The van der Waals surface area contributed by atoms with Gasteiger partial charge in [0, 0.05) is 5.57 Å². The SMILES string of the molecule is C=C/C(=C\C(=C)C#N)c1ccc(CCC)cc1. The molecule has 0 aromatic heterocycles. The van der Waals surface area contributed by atoms with E-state index in [0.29, 0.717) is 5.57 Å². The minimum atomic E-state index is 0.442. The van der Waals surface area contributed by atoms with Crippen LogP contribution in [0.2, 0.25) is 0 Å². The van der Waals surface area contributed by atoms with Crippen molar-refractivity contribution in [2.24, 2.45) is 0 Å². The molecule has 0 atom stereocenters. The lowest BCUT2D eigenvalue weighted by Gasteiger charge is -2.04. The van der Waals surface area contributed by atoms with Gasteiger partial charge in [-0.15, -0.1) is 0 Å². The molecule has 86 valence electrons. The molecule has 0 N–H and O–H groups in total. The van der Waals surface area contributed by atoms with E-state index in [9.17, 15) is 0 Å². The minimum absolute atomic E-state index is 0.442. The molecule has 0 aliphatic carbocycles. The second-order valence-electron chi connectivity index (χ2n) is 3.89. The first-order valence-electron chi connectivity index (χ1n) is 5.73. The molecule has 0 saturated carbocycles. The van der Waals surface area contributed by atoms with E-state index in [1.165, 1.54) is 5.56 Å². The zero-order valence-electron chi connectivity index (χ0n) is 10.2. The smallest absolute Gasteiger partial charge is 0.0985 e. The van der Waals surface area contributed by atoms with Gasteiger partial charge in [-0.1, -0.05) is 56.8 Å². The third-order valence-electron chi connectivity index (χ3n) is 2.52. The second-order valence-corrected chi connectivity index (χ2v) is 3.89. The number of allylic oxidation sites excluding steroid dienone is 4. The molecule has 0 amide bonds. The van der Waals surface area contributed by atoms with Crippen molar-refractivity contribution in [2.75, 3.05) is 0 Å². The van der Waals surface area contributed by atoms with E-state index in [1.54, 1.807) is 12.2 Å². The maximum atomic E-state index is 8.71. The predicted octanol–water partition coefficient (Wildman–Crippen LogP) is 4.29. The summed E-state index contributed by atoms with van der Waals surface area (Å²) in [6.07, 6.45) is 5.74. The molecule has 1 rings (SSSR count). The van der Waals surface area contributed by atoms with E-state index in [0.717, 1.165) is 24.0 Å². The van der Waals surface area contributed by atoms with E-state index in [4.69, 9.17) is 5.26 Å². The van der Waals surface area contributed by atoms with Crippen LogP contribution in [0.5, 0.6) is 0 Å². The molecule has 0 saturated heterocycles. The maximum Gasteiger partial charge on any atom is 0.0985 e. The van der Waals surface area contributed by atoms with Gasteiger partial charge in [0.2, 0.25) is 0 Å². The number of hydrogen-bond acceptors (Lipinski definition) is 1. The molecule has 0 bridgehead atoms. The van der Waals surface area contributed by atoms with Gasteiger partial charge in [-0.2, -0.15) is 5.26 Å². The van der Waals surface area contributed by atoms with Crippen molar-refractivity contribution >= 4 is 5.57 Å². The van der Waals surface area contributed by atoms with Crippen LogP contribution in [0.1, 0.15) is 24.5 Å². The summed E-state index contributed by atoms with van der Waals surface area (Å²) < 4.78 is 0. The van der Waals surface area contributed by atoms with E-state index in [1.807, 2.05) is 6.07 Å². The lowest BCUT2D eigenvalue weighted by atomic mass is 10.0. The van der Waals surface area contributed by atoms with Gasteiger partial charge >= 0.3 is 0 Å². The molecule has 0 fully saturated rings. The average Bonchev–Trinajstić information content (AvgIpc) is 2.37. The Hall–Kier alpha value is -2.07. The molecular formula is C16H17N. The highest BCUT2D eigenvalue weighted by atomic mass is 14.2. The van der Waals surface area contributed by atoms with Gasteiger partial charge in [0.25, 0.3) is 0 Å². The molecule has 17 heavy (non-hydrogen) atoms. The number of nitrogens with zero attached hydrogens (tertiary/aromatic N) is 1. The van der Waals surface area contributed by atoms with Crippen molar-refractivity contribution in [3.63, 3.8) is 0 Å². The van der Waals surface area contributed by atoms with Crippen molar-refractivity contribution < 1.29 is 0 Å². The Bertz CT molecular complexity index is 469. The first-order valence-corrected chi connectivity index (χ1v) is 5.73. The Labute approximate surface area is 103 Å². The monoisotopic (exact) mass is 223 g/mol. The summed E-state index contributed by atoms with van der Waals surface area (Å²) in [7, 11) is 0. The van der Waals surface area contributed by atoms with Crippen LogP contribution in [0.3, 0.4) is 0 Å². The van der Waals surface area contributed by atoms with Crippen LogP contribution < -0.4 is 0 Å². The van der Waals surface area contributed by atoms with Gasteiger partial charge in [0.15, 0.2) is 0 Å². The Morgan fingerprint density at radius 3 is 2.47 bits per heavy atom. The Balaban J connectivity index is 2.98. The van der Waals surface area contributed by atoms with Gasteiger partial charge in [0.1, 0.15) is 0 Å². The van der Waals surface area contributed by atoms with Crippen molar-refractivity contribution in [3.05, 3.63) is 66.3 Å². The minimum Gasteiger partial charge on any atom is -0.192 e. The molecule has 0 aliphatic rings. The second kappa shape index (κ2) is 6.50. The van der Waals surface area contributed by atoms with Crippen LogP contribution in [0.25, 0.3) is 5.57 Å². The van der Waals surface area contributed by atoms with Crippen LogP contribution in [0, 0.1) is 11.3 Å². The van der Waals surface area contributed by atoms with Gasteiger partial charge in [-0.05, 0) is 29.2 Å². The van der Waals surface area contributed by atoms with Gasteiger partial charge < -0.3 is 0 Å². The third-order valence-corrected chi connectivity index (χ3v) is 2.52. The fourth-order valence-corrected chi connectivity index (χ4v) is 1.63. The van der Waals surface area contributed by atoms with Crippen LogP contribution in [0.15, 0.2) is 55.1 Å². The number of aryl methyl sites for hydroxylation is 1. The van der Waals surface area contributed by atoms with E-state index in [-0.39, 0.29) is 0 Å². The summed E-state index contributed by atoms with van der Waals surface area (Å²) in [5.41, 5.74) is 3.77. The standard InChI is InChI=1S/C16H17N/c1-4-6-14-7-9-16(10-8-14)15(5-2)11-13(3)12-17/h5,7-11H,2-4,6H2,1H3/b15-11+. The summed E-state index contributed by atoms with van der Waals surface area (Å²) in [5, 5.41) is 8.71. The van der Waals surface area contributed by atoms with Gasteiger partial charge in [-0.3, -0.25) is 0 Å². The largest absolute Gasteiger partial charge is 0.192 e. The van der Waals surface area contributed by atoms with E-state index in [2.05, 4.69) is 44.3 Å². The zero-order chi connectivity index (χ0) is 12.7. The molecule has 1 aromatic carbocycles. The van der Waals surface area contributed by atoms with Crippen LogP contribution in [-0.4, -0.2) is 0 Å². The van der Waals surface area contributed by atoms with Crippen LogP contribution in [-0.2, 0) is 6.42 Å². The predicted molar refractivity (Wildman–Crippen MR) is 73.4 cm³/mol. The quantitative estimate of drug-likeness (QED) is 0.539. The molecule has 0 spiro atoms. The normalized spacial score (nSPS) is 10.7. The maximum absolute atomic E-state index is 8.71. The summed E-state index contributed by atoms with van der Waals surface area (Å²) >= 11 is 0. The molecule has 0 unspecified atom stereocenters. The fourth-order valence-electron chi connectivity index (χ4n) is 1.63. The molecular weight excluding hydrogens is 206 g/mol. The number of hydrogen-bond donors (Lipinski definition) is 0. The van der Waals surface area contributed by atoms with Crippen LogP contribution in [0.4, 0.5) is 0 Å². The highest BCUT2D eigenvalue weighted by molar-refractivity contribution is 5.76. The average molecular weight is 223 g/mol. The highest BCUT2D eigenvalue weighted by Crippen LogP contribution is 2.18. The Kier molecular flexibility index (Phi) is 4.97. The number of nitriles is 1. The highest BCUT2D eigenvalue weighted by Gasteiger charge is 1.99. The fraction of sp³-hybridized carbons (Fsp3) is 0.188. The lowest BCUT2D eigenvalue weighted by Crippen LogP contribution is -1.86. The van der Waals surface area contributed by atoms with Crippen molar-refractivity contribution in [2.45, 2.75) is 19.8 Å². The Morgan fingerprint density at radius 2 is 2.00 bits per heavy atom. The molecule has 1 aromatic rings. The topological polar surface area (TPSA) is 23.8 Å². The third kappa shape index (κ3) is 3.77. The lowest BCUT2D eigenvalue weighted by molar-refractivity contribution is 0.922. The molecule has 0 radical (unpaired) electrons. The first kappa shape index (κ1) is 13.0. The van der Waals surface area contributed by atoms with Crippen molar-refractivity contribution in [1.82, 2.24) is 0 Å². The molecule has 1 nitrogen and oxygen atoms in total. The van der Waals surface area contributed by atoms with Gasteiger partial charge in [-0.25, -0.2) is 0 Å². The van der Waals surface area contributed by atoms with Gasteiger partial charge in [0.05, 0.1) is 6.07 Å². The van der Waals surface area contributed by atoms with E-state index < -0.39 is 0 Å². The Morgan fingerprint density at radius 1 is 1.35 bits per heavy atom. The molecule has 0 heterocycles. The van der Waals surface area contributed by atoms with Crippen molar-refractivity contribution in [1.29, 1.82) is 5.26 Å². The summed E-state index contributed by atoms with van der Waals surface area (Å²) in [4.78, 5) is 0. The summed E-state index contributed by atoms with van der Waals surface area (Å²) in [5.74, 6) is 0. The molecule has 1 heteroatoms. The first-order chi connectivity index (χ1) is 8.21.